The van der Waals surface area contributed by atoms with E-state index in [2.05, 4.69) is 33.2 Å². The van der Waals surface area contributed by atoms with Crippen LogP contribution >= 0.6 is 0 Å². The molecule has 3 aromatic rings. The van der Waals surface area contributed by atoms with E-state index in [-0.39, 0.29) is 5.91 Å². The van der Waals surface area contributed by atoms with Crippen LogP contribution in [-0.4, -0.2) is 51.6 Å². The fourth-order valence-corrected chi connectivity index (χ4v) is 3.71. The third-order valence-corrected chi connectivity index (χ3v) is 5.11. The number of benzene rings is 1. The van der Waals surface area contributed by atoms with Crippen LogP contribution in [0, 0.1) is 6.92 Å². The maximum Gasteiger partial charge on any atom is 0.222 e. The lowest BCUT2D eigenvalue weighted by Crippen LogP contribution is -2.35. The van der Waals surface area contributed by atoms with Crippen molar-refractivity contribution < 1.29 is 4.79 Å². The Bertz CT molecular complexity index is 921. The number of carbonyl (C=O) groups excluding carboxylic acids is 1. The normalized spacial score (nSPS) is 15.1. The number of aromatic nitrogens is 3. The molecule has 27 heavy (non-hydrogen) atoms. The van der Waals surface area contributed by atoms with Crippen molar-refractivity contribution in [1.82, 2.24) is 19.5 Å². The van der Waals surface area contributed by atoms with Crippen LogP contribution in [0.25, 0.3) is 5.52 Å². The van der Waals surface area contributed by atoms with Gasteiger partial charge >= 0.3 is 0 Å². The van der Waals surface area contributed by atoms with Gasteiger partial charge in [-0.25, -0.2) is 9.50 Å². The third kappa shape index (κ3) is 3.94. The largest absolute Gasteiger partial charge is 0.353 e. The van der Waals surface area contributed by atoms with Gasteiger partial charge in [0.1, 0.15) is 5.52 Å². The quantitative estimate of drug-likeness (QED) is 0.715. The highest BCUT2D eigenvalue weighted by Gasteiger charge is 2.21. The van der Waals surface area contributed by atoms with Crippen molar-refractivity contribution in [3.8, 4) is 0 Å². The summed E-state index contributed by atoms with van der Waals surface area (Å²) in [6, 6.07) is 12.3. The molecule has 6 nitrogen and oxygen atoms in total. The molecule has 1 aromatic carbocycles. The van der Waals surface area contributed by atoms with Crippen LogP contribution < -0.4 is 4.90 Å². The van der Waals surface area contributed by atoms with Crippen LogP contribution in [0.15, 0.2) is 48.8 Å². The van der Waals surface area contributed by atoms with Gasteiger partial charge in [-0.2, -0.15) is 5.10 Å². The zero-order chi connectivity index (χ0) is 18.6. The monoisotopic (exact) mass is 363 g/mol. The van der Waals surface area contributed by atoms with Crippen LogP contribution in [0.1, 0.15) is 24.1 Å². The van der Waals surface area contributed by atoms with Gasteiger partial charge in [0, 0.05) is 45.0 Å². The topological polar surface area (TPSA) is 53.7 Å². The standard InChI is InChI=1S/C21H25N5O/c1-17-16-19-21(22-10-13-26(19)23-17)25-12-5-11-24(14-15-25)20(27)9-8-18-6-3-2-4-7-18/h2-4,6-7,10,13,16H,5,8-9,11-12,14-15H2,1H3. The molecule has 0 radical (unpaired) electrons. The molecule has 1 amide bonds. The molecule has 1 aliphatic rings. The summed E-state index contributed by atoms with van der Waals surface area (Å²) in [6.45, 7) is 5.24. The van der Waals surface area contributed by atoms with Crippen molar-refractivity contribution in [1.29, 1.82) is 0 Å². The van der Waals surface area contributed by atoms with Gasteiger partial charge < -0.3 is 9.80 Å². The Morgan fingerprint density at radius 2 is 1.96 bits per heavy atom. The van der Waals surface area contributed by atoms with Gasteiger partial charge in [0.2, 0.25) is 5.91 Å². The molecule has 6 heteroatoms. The first kappa shape index (κ1) is 17.5. The molecule has 0 saturated carbocycles. The zero-order valence-corrected chi connectivity index (χ0v) is 15.7. The van der Waals surface area contributed by atoms with Crippen molar-refractivity contribution in [3.63, 3.8) is 0 Å². The van der Waals surface area contributed by atoms with Crippen LogP contribution in [-0.2, 0) is 11.2 Å². The Balaban J connectivity index is 1.40. The molecule has 0 spiro atoms. The molecular weight excluding hydrogens is 338 g/mol. The SMILES string of the molecule is Cc1cc2c(N3CCCN(C(=O)CCc4ccccc4)CC3)nccn2n1. The summed E-state index contributed by atoms with van der Waals surface area (Å²) < 4.78 is 1.88. The summed E-state index contributed by atoms with van der Waals surface area (Å²) in [7, 11) is 0. The number of amides is 1. The highest BCUT2D eigenvalue weighted by molar-refractivity contribution is 5.76. The molecule has 0 unspecified atom stereocenters. The summed E-state index contributed by atoms with van der Waals surface area (Å²) in [5.41, 5.74) is 3.23. The van der Waals surface area contributed by atoms with Crippen molar-refractivity contribution >= 4 is 17.2 Å². The predicted molar refractivity (Wildman–Crippen MR) is 106 cm³/mol. The Labute approximate surface area is 159 Å². The summed E-state index contributed by atoms with van der Waals surface area (Å²) in [4.78, 5) is 21.5. The van der Waals surface area contributed by atoms with Crippen molar-refractivity contribution in [2.24, 2.45) is 0 Å². The second kappa shape index (κ2) is 7.78. The van der Waals surface area contributed by atoms with E-state index in [4.69, 9.17) is 0 Å². The molecular formula is C21H25N5O. The smallest absolute Gasteiger partial charge is 0.222 e. The van der Waals surface area contributed by atoms with E-state index in [1.54, 1.807) is 6.20 Å². The highest BCUT2D eigenvalue weighted by atomic mass is 16.2. The second-order valence-corrected chi connectivity index (χ2v) is 7.07. The van der Waals surface area contributed by atoms with Crippen LogP contribution in [0.3, 0.4) is 0 Å². The summed E-state index contributed by atoms with van der Waals surface area (Å²) in [6.07, 6.45) is 5.99. The fourth-order valence-electron chi connectivity index (χ4n) is 3.71. The van der Waals surface area contributed by atoms with Crippen molar-refractivity contribution in [2.45, 2.75) is 26.2 Å². The minimum absolute atomic E-state index is 0.243. The zero-order valence-electron chi connectivity index (χ0n) is 15.7. The first-order valence-corrected chi connectivity index (χ1v) is 9.58. The molecule has 0 aliphatic carbocycles. The molecule has 4 rings (SSSR count). The van der Waals surface area contributed by atoms with E-state index in [9.17, 15) is 4.79 Å². The lowest BCUT2D eigenvalue weighted by Gasteiger charge is -2.23. The average Bonchev–Trinajstić information content (AvgIpc) is 2.91. The lowest BCUT2D eigenvalue weighted by molar-refractivity contribution is -0.130. The molecule has 2 aromatic heterocycles. The predicted octanol–water partition coefficient (Wildman–Crippen LogP) is 2.71. The molecule has 1 aliphatic heterocycles. The molecule has 1 fully saturated rings. The number of nitrogens with zero attached hydrogens (tertiary/aromatic N) is 5. The van der Waals surface area contributed by atoms with Crippen LogP contribution in [0.4, 0.5) is 5.82 Å². The van der Waals surface area contributed by atoms with E-state index in [1.165, 1.54) is 5.56 Å². The molecule has 0 N–H and O–H groups in total. The van der Waals surface area contributed by atoms with Gasteiger partial charge in [-0.05, 0) is 31.4 Å². The summed E-state index contributed by atoms with van der Waals surface area (Å²) in [5.74, 6) is 1.20. The van der Waals surface area contributed by atoms with Crippen LogP contribution in [0.5, 0.6) is 0 Å². The number of aryl methyl sites for hydroxylation is 2. The fraction of sp³-hybridized carbons (Fsp3) is 0.381. The summed E-state index contributed by atoms with van der Waals surface area (Å²) >= 11 is 0. The minimum atomic E-state index is 0.243. The molecule has 140 valence electrons. The summed E-state index contributed by atoms with van der Waals surface area (Å²) in [5, 5.41) is 4.47. The number of carbonyl (C=O) groups is 1. The van der Waals surface area contributed by atoms with E-state index < -0.39 is 0 Å². The van der Waals surface area contributed by atoms with Gasteiger partial charge in [0.05, 0.1) is 5.69 Å². The van der Waals surface area contributed by atoms with Gasteiger partial charge in [-0.1, -0.05) is 30.3 Å². The van der Waals surface area contributed by atoms with E-state index >= 15 is 0 Å². The Morgan fingerprint density at radius 3 is 2.81 bits per heavy atom. The van der Waals surface area contributed by atoms with E-state index in [1.807, 2.05) is 40.7 Å². The maximum absolute atomic E-state index is 12.7. The highest BCUT2D eigenvalue weighted by Crippen LogP contribution is 2.21. The lowest BCUT2D eigenvalue weighted by atomic mass is 10.1. The number of hydrogen-bond donors (Lipinski definition) is 0. The molecule has 1 saturated heterocycles. The molecule has 0 bridgehead atoms. The number of anilines is 1. The maximum atomic E-state index is 12.7. The van der Waals surface area contributed by atoms with Crippen LogP contribution in [0.2, 0.25) is 0 Å². The number of rotatable bonds is 4. The minimum Gasteiger partial charge on any atom is -0.353 e. The van der Waals surface area contributed by atoms with Gasteiger partial charge in [-0.15, -0.1) is 0 Å². The van der Waals surface area contributed by atoms with Gasteiger partial charge in [-0.3, -0.25) is 4.79 Å². The number of hydrogen-bond acceptors (Lipinski definition) is 4. The first-order chi connectivity index (χ1) is 13.2. The van der Waals surface area contributed by atoms with E-state index in [0.717, 1.165) is 56.0 Å². The third-order valence-electron chi connectivity index (χ3n) is 5.11. The average molecular weight is 363 g/mol. The Kier molecular flexibility index (Phi) is 5.05. The molecule has 3 heterocycles. The van der Waals surface area contributed by atoms with Crippen molar-refractivity contribution in [3.05, 3.63) is 60.0 Å². The Hall–Kier alpha value is -2.89. The van der Waals surface area contributed by atoms with Crippen molar-refractivity contribution in [2.75, 3.05) is 31.1 Å². The second-order valence-electron chi connectivity index (χ2n) is 7.07. The van der Waals surface area contributed by atoms with Gasteiger partial charge in [0.25, 0.3) is 0 Å². The van der Waals surface area contributed by atoms with E-state index in [0.29, 0.717) is 6.42 Å². The molecule has 0 atom stereocenters. The first-order valence-electron chi connectivity index (χ1n) is 9.58. The van der Waals surface area contributed by atoms with Gasteiger partial charge in [0.15, 0.2) is 5.82 Å². The Morgan fingerprint density at radius 1 is 1.11 bits per heavy atom. The number of fused-ring (bicyclic) bond motifs is 1.